The number of piperidine rings is 1. The SMILES string of the molecule is O=c1/c(=C(/O)CN2CCCCC2)[n+]2cccc3sc4ccc(Br)cc4n1-c32. The van der Waals surface area contributed by atoms with Gasteiger partial charge in [0.05, 0.1) is 17.4 Å². The molecule has 0 amide bonds. The summed E-state index contributed by atoms with van der Waals surface area (Å²) >= 11 is 5.16. The lowest BCUT2D eigenvalue weighted by molar-refractivity contribution is -0.543. The lowest BCUT2D eigenvalue weighted by atomic mass is 10.1. The van der Waals surface area contributed by atoms with E-state index in [1.807, 2.05) is 40.9 Å². The molecule has 0 aliphatic carbocycles. The number of rotatable bonds is 2. The molecular formula is C20H19BrN3O2S+. The van der Waals surface area contributed by atoms with Gasteiger partial charge in [-0.25, -0.2) is 4.79 Å². The highest BCUT2D eigenvalue weighted by Gasteiger charge is 2.30. The number of aromatic nitrogens is 2. The van der Waals surface area contributed by atoms with E-state index in [-0.39, 0.29) is 11.3 Å². The average Bonchev–Trinajstić information content (AvgIpc) is 2.97. The van der Waals surface area contributed by atoms with Gasteiger partial charge in [-0.1, -0.05) is 22.4 Å². The van der Waals surface area contributed by atoms with Gasteiger partial charge in [0.2, 0.25) is 0 Å². The Hall–Kier alpha value is -1.96. The Bertz CT molecular complexity index is 1240. The minimum absolute atomic E-state index is 0.149. The molecule has 1 fully saturated rings. The molecule has 5 rings (SSSR count). The van der Waals surface area contributed by atoms with Crippen LogP contribution >= 0.6 is 27.3 Å². The van der Waals surface area contributed by atoms with Crippen molar-refractivity contribution in [3.63, 3.8) is 0 Å². The molecule has 0 atom stereocenters. The summed E-state index contributed by atoms with van der Waals surface area (Å²) in [6, 6.07) is 9.92. The Morgan fingerprint density at radius 2 is 2.00 bits per heavy atom. The van der Waals surface area contributed by atoms with Crippen molar-refractivity contribution in [1.82, 2.24) is 9.47 Å². The Morgan fingerprint density at radius 1 is 1.19 bits per heavy atom. The van der Waals surface area contributed by atoms with Crippen molar-refractivity contribution in [2.75, 3.05) is 19.6 Å². The van der Waals surface area contributed by atoms with E-state index in [0.717, 1.165) is 51.1 Å². The largest absolute Gasteiger partial charge is 0.506 e. The highest BCUT2D eigenvalue weighted by molar-refractivity contribution is 9.10. The van der Waals surface area contributed by atoms with Gasteiger partial charge in [0.15, 0.2) is 11.3 Å². The maximum Gasteiger partial charge on any atom is 0.390 e. The maximum absolute atomic E-state index is 13.4. The van der Waals surface area contributed by atoms with Crippen LogP contribution in [0.15, 0.2) is 45.8 Å². The van der Waals surface area contributed by atoms with Gasteiger partial charge >= 0.3 is 11.4 Å². The zero-order valence-corrected chi connectivity index (χ0v) is 17.1. The molecule has 3 aliphatic rings. The van der Waals surface area contributed by atoms with Gasteiger partial charge in [-0.3, -0.25) is 4.90 Å². The van der Waals surface area contributed by atoms with Gasteiger partial charge in [-0.15, -0.1) is 11.3 Å². The molecule has 2 aromatic rings. The lowest BCUT2D eigenvalue weighted by Crippen LogP contribution is -2.47. The van der Waals surface area contributed by atoms with E-state index in [1.165, 1.54) is 6.42 Å². The van der Waals surface area contributed by atoms with Gasteiger partial charge in [-0.2, -0.15) is 8.97 Å². The van der Waals surface area contributed by atoms with Crippen LogP contribution in [0, 0.1) is 0 Å². The third kappa shape index (κ3) is 2.76. The molecule has 138 valence electrons. The molecule has 0 radical (unpaired) electrons. The van der Waals surface area contributed by atoms with E-state index in [0.29, 0.717) is 11.9 Å². The van der Waals surface area contributed by atoms with E-state index in [9.17, 15) is 9.90 Å². The van der Waals surface area contributed by atoms with Crippen molar-refractivity contribution in [3.05, 3.63) is 56.7 Å². The summed E-state index contributed by atoms with van der Waals surface area (Å²) in [5, 5.41) is 11.3. The monoisotopic (exact) mass is 444 g/mol. The number of hydrogen-bond acceptors (Lipinski definition) is 4. The summed E-state index contributed by atoms with van der Waals surface area (Å²) in [5.41, 5.74) is 0.684. The summed E-state index contributed by atoms with van der Waals surface area (Å²) in [6.45, 7) is 2.36. The fourth-order valence-electron chi connectivity index (χ4n) is 4.02. The van der Waals surface area contributed by atoms with E-state index in [1.54, 1.807) is 15.9 Å². The molecule has 1 saturated heterocycles. The van der Waals surface area contributed by atoms with Gasteiger partial charge in [0.25, 0.3) is 5.35 Å². The van der Waals surface area contributed by atoms with E-state index in [2.05, 4.69) is 20.8 Å². The van der Waals surface area contributed by atoms with Crippen LogP contribution in [-0.4, -0.2) is 34.2 Å². The Morgan fingerprint density at radius 3 is 2.81 bits per heavy atom. The third-order valence-corrected chi connectivity index (χ3v) is 6.86. The van der Waals surface area contributed by atoms with E-state index >= 15 is 0 Å². The highest BCUT2D eigenvalue weighted by atomic mass is 79.9. The quantitative estimate of drug-likeness (QED) is 0.382. The van der Waals surface area contributed by atoms with Crippen LogP contribution in [0.5, 0.6) is 0 Å². The Kier molecular flexibility index (Phi) is 4.18. The number of hydrogen-bond donors (Lipinski definition) is 1. The molecule has 1 N–H and O–H groups in total. The lowest BCUT2D eigenvalue weighted by Gasteiger charge is -2.25. The topological polar surface area (TPSA) is 49.6 Å². The van der Waals surface area contributed by atoms with Crippen molar-refractivity contribution in [2.45, 2.75) is 19.3 Å². The molecule has 0 spiro atoms. The third-order valence-electron chi connectivity index (χ3n) is 5.27. The summed E-state index contributed by atoms with van der Waals surface area (Å²) in [6.07, 6.45) is 5.40. The van der Waals surface area contributed by atoms with Crippen LogP contribution in [0.25, 0.3) is 26.5 Å². The smallest absolute Gasteiger partial charge is 0.390 e. The highest BCUT2D eigenvalue weighted by Crippen LogP contribution is 2.30. The van der Waals surface area contributed by atoms with Crippen LogP contribution < -0.4 is 15.3 Å². The van der Waals surface area contributed by atoms with Crippen LogP contribution in [0.4, 0.5) is 0 Å². The molecule has 0 saturated carbocycles. The summed E-state index contributed by atoms with van der Waals surface area (Å²) in [4.78, 5) is 15.6. The molecular weight excluding hydrogens is 426 g/mol. The zero-order valence-electron chi connectivity index (χ0n) is 14.7. The molecule has 4 heterocycles. The van der Waals surface area contributed by atoms with Crippen molar-refractivity contribution in [2.24, 2.45) is 0 Å². The fraction of sp³-hybridized carbons (Fsp3) is 0.300. The first-order chi connectivity index (χ1) is 13.1. The number of halogens is 1. The number of pyridine rings is 1. The number of aliphatic hydroxyl groups is 1. The molecule has 0 bridgehead atoms. The van der Waals surface area contributed by atoms with Crippen LogP contribution in [0.2, 0.25) is 0 Å². The number of fused-ring (bicyclic) bond motifs is 2. The van der Waals surface area contributed by atoms with Gasteiger partial charge < -0.3 is 5.11 Å². The van der Waals surface area contributed by atoms with Crippen LogP contribution in [0.1, 0.15) is 19.3 Å². The molecule has 3 aliphatic heterocycles. The first-order valence-corrected chi connectivity index (χ1v) is 10.8. The normalized spacial score (nSPS) is 17.2. The van der Waals surface area contributed by atoms with Crippen molar-refractivity contribution < 1.29 is 9.51 Å². The number of benzene rings is 1. The number of imidazole rings is 1. The van der Waals surface area contributed by atoms with Crippen molar-refractivity contribution in [1.29, 1.82) is 0 Å². The number of aliphatic hydroxyl groups excluding tert-OH is 1. The fourth-order valence-corrected chi connectivity index (χ4v) is 5.43. The van der Waals surface area contributed by atoms with Crippen molar-refractivity contribution >= 4 is 47.9 Å². The maximum atomic E-state index is 13.4. The molecule has 5 nitrogen and oxygen atoms in total. The Balaban J connectivity index is 1.84. The van der Waals surface area contributed by atoms with Crippen LogP contribution in [-0.2, 0) is 0 Å². The van der Waals surface area contributed by atoms with Gasteiger partial charge in [-0.05, 0) is 50.2 Å². The average molecular weight is 445 g/mol. The van der Waals surface area contributed by atoms with E-state index in [4.69, 9.17) is 0 Å². The van der Waals surface area contributed by atoms with Crippen molar-refractivity contribution in [3.8, 4) is 5.82 Å². The molecule has 1 aromatic heterocycles. The minimum atomic E-state index is -0.170. The summed E-state index contributed by atoms with van der Waals surface area (Å²) in [5.74, 6) is 0.967. The summed E-state index contributed by atoms with van der Waals surface area (Å²) in [7, 11) is 0. The molecule has 27 heavy (non-hydrogen) atoms. The Labute approximate surface area is 168 Å². The molecule has 7 heteroatoms. The molecule has 1 aromatic carbocycles. The standard InChI is InChI=1S/C20H18BrN3O2S/c21-13-6-7-16-14(11-13)24-19-17(27-16)5-4-10-23(19)18(20(24)26)15(25)12-22-8-2-1-3-9-22/h4-7,10-11H,1-3,8-9,12H2/p+1. The summed E-state index contributed by atoms with van der Waals surface area (Å²) < 4.78 is 6.55. The number of likely N-dealkylation sites (tertiary alicyclic amines) is 1. The first kappa shape index (κ1) is 17.2. The van der Waals surface area contributed by atoms with E-state index < -0.39 is 0 Å². The predicted octanol–water partition coefficient (Wildman–Crippen LogP) is 2.86. The zero-order chi connectivity index (χ0) is 18.5. The first-order valence-electron chi connectivity index (χ1n) is 9.15. The minimum Gasteiger partial charge on any atom is -0.506 e. The van der Waals surface area contributed by atoms with Gasteiger partial charge in [0, 0.05) is 10.5 Å². The second-order valence-corrected chi connectivity index (χ2v) is 9.05. The van der Waals surface area contributed by atoms with Crippen LogP contribution in [0.3, 0.4) is 0 Å². The molecule has 0 unspecified atom stereocenters. The predicted molar refractivity (Wildman–Crippen MR) is 111 cm³/mol. The second-order valence-electron chi connectivity index (χ2n) is 7.05. The van der Waals surface area contributed by atoms with Gasteiger partial charge in [0.1, 0.15) is 4.70 Å². The number of nitrogens with zero attached hydrogens (tertiary/aromatic N) is 3. The second kappa shape index (κ2) is 6.58.